The lowest BCUT2D eigenvalue weighted by Crippen LogP contribution is -2.57. The number of carbonyl (C=O) groups is 2. The molecule has 2 fully saturated rings. The van der Waals surface area contributed by atoms with Crippen LogP contribution in [0.3, 0.4) is 0 Å². The van der Waals surface area contributed by atoms with Crippen molar-refractivity contribution in [2.75, 3.05) is 26.2 Å². The number of benzene rings is 1. The molecule has 1 aliphatic heterocycles. The summed E-state index contributed by atoms with van der Waals surface area (Å²) >= 11 is 0. The molecule has 0 aromatic heterocycles. The van der Waals surface area contributed by atoms with E-state index in [2.05, 4.69) is 39.8 Å². The minimum absolute atomic E-state index is 0.0689. The molecular weight excluding hydrogens is 344 g/mol. The minimum atomic E-state index is -0.799. The first-order chi connectivity index (χ1) is 13.0. The van der Waals surface area contributed by atoms with Crippen molar-refractivity contribution >= 4 is 12.0 Å². The number of likely N-dealkylation sites (tertiary alicyclic amines) is 1. The number of urea groups is 1. The highest BCUT2D eigenvalue weighted by Crippen LogP contribution is 2.25. The van der Waals surface area contributed by atoms with Crippen molar-refractivity contribution < 1.29 is 14.7 Å². The van der Waals surface area contributed by atoms with Crippen molar-refractivity contribution in [1.29, 1.82) is 0 Å². The zero-order chi connectivity index (χ0) is 19.2. The molecule has 1 unspecified atom stereocenters. The van der Waals surface area contributed by atoms with Gasteiger partial charge in [0, 0.05) is 37.8 Å². The third-order valence-electron chi connectivity index (χ3n) is 5.57. The molecule has 3 N–H and O–H groups in total. The molecule has 0 bridgehead atoms. The molecule has 1 saturated heterocycles. The fourth-order valence-corrected chi connectivity index (χ4v) is 4.02. The van der Waals surface area contributed by atoms with Gasteiger partial charge in [-0.05, 0) is 31.4 Å². The van der Waals surface area contributed by atoms with Crippen LogP contribution >= 0.6 is 0 Å². The van der Waals surface area contributed by atoms with Gasteiger partial charge in [-0.15, -0.1) is 0 Å². The second-order valence-electron chi connectivity index (χ2n) is 7.60. The molecule has 3 rings (SSSR count). The lowest BCUT2D eigenvalue weighted by atomic mass is 9.85. The maximum absolute atomic E-state index is 12.2. The van der Waals surface area contributed by atoms with Crippen LogP contribution in [0.4, 0.5) is 4.79 Å². The number of aliphatic carboxylic acids is 1. The monoisotopic (exact) mass is 374 g/mol. The van der Waals surface area contributed by atoms with E-state index in [-0.39, 0.29) is 30.7 Å². The van der Waals surface area contributed by atoms with E-state index in [1.54, 1.807) is 0 Å². The molecule has 1 aliphatic carbocycles. The second kappa shape index (κ2) is 9.19. The molecule has 7 nitrogen and oxygen atoms in total. The molecule has 0 spiro atoms. The first-order valence-electron chi connectivity index (χ1n) is 9.82. The smallest absolute Gasteiger partial charge is 0.317 e. The summed E-state index contributed by atoms with van der Waals surface area (Å²) < 4.78 is 0. The zero-order valence-corrected chi connectivity index (χ0v) is 15.9. The second-order valence-corrected chi connectivity index (χ2v) is 7.60. The van der Waals surface area contributed by atoms with E-state index in [4.69, 9.17) is 5.11 Å². The number of nitrogens with one attached hydrogen (secondary N) is 2. The van der Waals surface area contributed by atoms with Crippen LogP contribution in [-0.4, -0.2) is 71.2 Å². The summed E-state index contributed by atoms with van der Waals surface area (Å²) in [5.41, 5.74) is 1.30. The van der Waals surface area contributed by atoms with Gasteiger partial charge in [-0.1, -0.05) is 37.3 Å². The molecule has 2 aliphatic rings. The Hall–Kier alpha value is -2.12. The summed E-state index contributed by atoms with van der Waals surface area (Å²) in [6, 6.07) is 10.9. The van der Waals surface area contributed by atoms with Gasteiger partial charge in [0.2, 0.25) is 0 Å². The predicted molar refractivity (Wildman–Crippen MR) is 103 cm³/mol. The number of likely N-dealkylation sites (N-methyl/N-ethyl adjacent to an activating group) is 1. The average molecular weight is 374 g/mol. The highest BCUT2D eigenvalue weighted by Gasteiger charge is 2.35. The van der Waals surface area contributed by atoms with Crippen molar-refractivity contribution in [3.05, 3.63) is 35.9 Å². The van der Waals surface area contributed by atoms with Crippen LogP contribution in [0.15, 0.2) is 30.3 Å². The van der Waals surface area contributed by atoms with Gasteiger partial charge in [-0.25, -0.2) is 4.79 Å². The van der Waals surface area contributed by atoms with E-state index in [0.717, 1.165) is 45.4 Å². The lowest BCUT2D eigenvalue weighted by molar-refractivity contribution is -0.139. The quantitative estimate of drug-likeness (QED) is 0.642. The summed E-state index contributed by atoms with van der Waals surface area (Å²) in [4.78, 5) is 27.4. The lowest BCUT2D eigenvalue weighted by Gasteiger charge is -2.42. The van der Waals surface area contributed by atoms with Crippen molar-refractivity contribution in [3.63, 3.8) is 0 Å². The molecule has 27 heavy (non-hydrogen) atoms. The number of amides is 2. The SMILES string of the molecule is CCN(CC(=O)O)C1CC(NC(=O)NC2CCN(Cc3ccccc3)C2)C1. The number of carboxylic acid groups (broad SMARTS) is 1. The molecule has 2 amide bonds. The fourth-order valence-electron chi connectivity index (χ4n) is 4.02. The maximum Gasteiger partial charge on any atom is 0.317 e. The Balaban J connectivity index is 1.34. The maximum atomic E-state index is 12.2. The van der Waals surface area contributed by atoms with Gasteiger partial charge in [0.25, 0.3) is 0 Å². The minimum Gasteiger partial charge on any atom is -0.480 e. The number of carbonyl (C=O) groups excluding carboxylic acids is 1. The van der Waals surface area contributed by atoms with Crippen LogP contribution in [-0.2, 0) is 11.3 Å². The molecule has 1 heterocycles. The number of nitrogens with zero attached hydrogens (tertiary/aromatic N) is 2. The van der Waals surface area contributed by atoms with E-state index in [1.807, 2.05) is 17.9 Å². The Bertz CT molecular complexity index is 633. The predicted octanol–water partition coefficient (Wildman–Crippen LogP) is 1.50. The van der Waals surface area contributed by atoms with Crippen molar-refractivity contribution in [2.24, 2.45) is 0 Å². The molecule has 7 heteroatoms. The third kappa shape index (κ3) is 5.68. The standard InChI is InChI=1S/C20H30N4O3/c1-2-24(14-19(25)26)18-10-17(11-18)22-20(27)21-16-8-9-23(13-16)12-15-6-4-3-5-7-15/h3-7,16-18H,2,8-14H2,1H3,(H,25,26)(H2,21,22,27). The number of hydrogen-bond acceptors (Lipinski definition) is 4. The van der Waals surface area contributed by atoms with Gasteiger partial charge in [-0.3, -0.25) is 14.6 Å². The van der Waals surface area contributed by atoms with Gasteiger partial charge in [0.1, 0.15) is 0 Å². The van der Waals surface area contributed by atoms with E-state index >= 15 is 0 Å². The van der Waals surface area contributed by atoms with E-state index in [9.17, 15) is 9.59 Å². The van der Waals surface area contributed by atoms with Crippen LogP contribution in [0.1, 0.15) is 31.7 Å². The first-order valence-corrected chi connectivity index (χ1v) is 9.82. The Labute approximate surface area is 160 Å². The summed E-state index contributed by atoms with van der Waals surface area (Å²) in [5, 5.41) is 15.1. The van der Waals surface area contributed by atoms with Gasteiger partial charge < -0.3 is 15.7 Å². The molecule has 1 atom stereocenters. The largest absolute Gasteiger partial charge is 0.480 e. The van der Waals surface area contributed by atoms with Gasteiger partial charge in [0.15, 0.2) is 0 Å². The van der Waals surface area contributed by atoms with Crippen LogP contribution in [0.25, 0.3) is 0 Å². The Morgan fingerprint density at radius 2 is 1.89 bits per heavy atom. The van der Waals surface area contributed by atoms with Crippen LogP contribution in [0.5, 0.6) is 0 Å². The highest BCUT2D eigenvalue weighted by molar-refractivity contribution is 5.74. The van der Waals surface area contributed by atoms with Crippen molar-refractivity contribution in [3.8, 4) is 0 Å². The molecule has 148 valence electrons. The molecule has 1 aromatic carbocycles. The van der Waals surface area contributed by atoms with E-state index < -0.39 is 5.97 Å². The van der Waals surface area contributed by atoms with Crippen molar-refractivity contribution in [1.82, 2.24) is 20.4 Å². The number of rotatable bonds is 8. The highest BCUT2D eigenvalue weighted by atomic mass is 16.4. The first kappa shape index (κ1) is 19.6. The topological polar surface area (TPSA) is 84.9 Å². The normalized spacial score (nSPS) is 25.2. The van der Waals surface area contributed by atoms with Crippen LogP contribution < -0.4 is 10.6 Å². The molecule has 1 aromatic rings. The van der Waals surface area contributed by atoms with Gasteiger partial charge >= 0.3 is 12.0 Å². The number of hydrogen-bond donors (Lipinski definition) is 3. The average Bonchev–Trinajstić information content (AvgIpc) is 3.03. The molecule has 1 saturated carbocycles. The molecule has 0 radical (unpaired) electrons. The number of carboxylic acids is 1. The zero-order valence-electron chi connectivity index (χ0n) is 15.9. The summed E-state index contributed by atoms with van der Waals surface area (Å²) in [6.45, 7) is 5.54. The fraction of sp³-hybridized carbons (Fsp3) is 0.600. The third-order valence-corrected chi connectivity index (χ3v) is 5.57. The van der Waals surface area contributed by atoms with Crippen LogP contribution in [0, 0.1) is 0 Å². The van der Waals surface area contributed by atoms with E-state index in [0.29, 0.717) is 0 Å². The van der Waals surface area contributed by atoms with Crippen LogP contribution in [0.2, 0.25) is 0 Å². The van der Waals surface area contributed by atoms with Crippen molar-refractivity contribution in [2.45, 2.75) is 50.9 Å². The Morgan fingerprint density at radius 1 is 1.19 bits per heavy atom. The summed E-state index contributed by atoms with van der Waals surface area (Å²) in [7, 11) is 0. The molecular formula is C20H30N4O3. The summed E-state index contributed by atoms with van der Waals surface area (Å²) in [5.74, 6) is -0.799. The summed E-state index contributed by atoms with van der Waals surface area (Å²) in [6.07, 6.45) is 2.61. The van der Waals surface area contributed by atoms with Gasteiger partial charge in [0.05, 0.1) is 6.54 Å². The van der Waals surface area contributed by atoms with Gasteiger partial charge in [-0.2, -0.15) is 0 Å². The Morgan fingerprint density at radius 3 is 2.56 bits per heavy atom. The Kier molecular flexibility index (Phi) is 6.68. The van der Waals surface area contributed by atoms with E-state index in [1.165, 1.54) is 5.56 Å².